The SMILES string of the molecule is CCCCCCCCCOc1ccc(C(=O)Oc2ccc3cc(OC(=O)c4ccc(OCCCCCCCCC)cc4)ccc3c2)cc1. The Morgan fingerprint density at radius 2 is 0.750 bits per heavy atom. The molecule has 0 saturated heterocycles. The van der Waals surface area contributed by atoms with Crippen molar-refractivity contribution in [3.63, 3.8) is 0 Å². The molecule has 0 aliphatic carbocycles. The summed E-state index contributed by atoms with van der Waals surface area (Å²) in [6, 6.07) is 24.9. The Morgan fingerprint density at radius 1 is 0.417 bits per heavy atom. The summed E-state index contributed by atoms with van der Waals surface area (Å²) in [7, 11) is 0. The second-order valence-corrected chi connectivity index (χ2v) is 12.4. The monoisotopic (exact) mass is 652 g/mol. The van der Waals surface area contributed by atoms with Gasteiger partial charge in [0.1, 0.15) is 23.0 Å². The first-order valence-corrected chi connectivity index (χ1v) is 18.0. The molecule has 0 saturated carbocycles. The van der Waals surface area contributed by atoms with Gasteiger partial charge in [0, 0.05) is 0 Å². The Balaban J connectivity index is 1.20. The van der Waals surface area contributed by atoms with Crippen LogP contribution in [0.5, 0.6) is 23.0 Å². The Bertz CT molecular complexity index is 1410. The second-order valence-electron chi connectivity index (χ2n) is 12.4. The molecule has 0 aliphatic heterocycles. The molecule has 0 fully saturated rings. The molecular weight excluding hydrogens is 600 g/mol. The first-order chi connectivity index (χ1) is 23.6. The molecule has 4 aromatic rings. The normalized spacial score (nSPS) is 11.0. The van der Waals surface area contributed by atoms with Gasteiger partial charge in [0.2, 0.25) is 0 Å². The average Bonchev–Trinajstić information content (AvgIpc) is 3.11. The van der Waals surface area contributed by atoms with E-state index in [0.29, 0.717) is 35.8 Å². The van der Waals surface area contributed by atoms with Crippen molar-refractivity contribution in [2.75, 3.05) is 13.2 Å². The number of esters is 2. The number of fused-ring (bicyclic) bond motifs is 1. The minimum Gasteiger partial charge on any atom is -0.494 e. The third kappa shape index (κ3) is 12.7. The largest absolute Gasteiger partial charge is 0.494 e. The Kier molecular flexibility index (Phi) is 15.8. The zero-order valence-electron chi connectivity index (χ0n) is 28.8. The van der Waals surface area contributed by atoms with Crippen LogP contribution in [0.15, 0.2) is 84.9 Å². The van der Waals surface area contributed by atoms with Crippen molar-refractivity contribution in [1.82, 2.24) is 0 Å². The van der Waals surface area contributed by atoms with Crippen molar-refractivity contribution in [2.45, 2.75) is 104 Å². The molecule has 0 aliphatic rings. The van der Waals surface area contributed by atoms with Crippen LogP contribution in [0.25, 0.3) is 10.8 Å². The van der Waals surface area contributed by atoms with Crippen molar-refractivity contribution in [2.24, 2.45) is 0 Å². The number of hydrogen-bond donors (Lipinski definition) is 0. The number of hydrogen-bond acceptors (Lipinski definition) is 6. The van der Waals surface area contributed by atoms with Crippen molar-refractivity contribution in [3.05, 3.63) is 96.1 Å². The summed E-state index contributed by atoms with van der Waals surface area (Å²) in [6.07, 6.45) is 17.3. The van der Waals surface area contributed by atoms with E-state index >= 15 is 0 Å². The fraction of sp³-hybridized carbons (Fsp3) is 0.429. The highest BCUT2D eigenvalue weighted by molar-refractivity contribution is 5.93. The highest BCUT2D eigenvalue weighted by Crippen LogP contribution is 2.27. The standard InChI is InChI=1S/C42H52O6/c1-3-5-7-9-11-13-15-29-45-37-23-17-33(18-24-37)41(43)47-39-27-21-36-32-40(28-22-35(36)31-39)48-42(44)34-19-25-38(26-20-34)46-30-16-14-12-10-8-6-4-2/h17-28,31-32H,3-16,29-30H2,1-2H3. The summed E-state index contributed by atoms with van der Waals surface area (Å²) < 4.78 is 23.0. The van der Waals surface area contributed by atoms with E-state index in [1.807, 2.05) is 12.1 Å². The molecule has 4 aromatic carbocycles. The molecule has 0 heterocycles. The molecule has 48 heavy (non-hydrogen) atoms. The van der Waals surface area contributed by atoms with Gasteiger partial charge in [-0.25, -0.2) is 9.59 Å². The Hall–Kier alpha value is -4.32. The van der Waals surface area contributed by atoms with E-state index in [2.05, 4.69) is 13.8 Å². The van der Waals surface area contributed by atoms with Crippen LogP contribution in [0.3, 0.4) is 0 Å². The number of ether oxygens (including phenoxy) is 4. The van der Waals surface area contributed by atoms with Crippen molar-refractivity contribution < 1.29 is 28.5 Å². The maximum Gasteiger partial charge on any atom is 0.343 e. The van der Waals surface area contributed by atoms with E-state index in [4.69, 9.17) is 18.9 Å². The van der Waals surface area contributed by atoms with E-state index in [1.54, 1.807) is 72.8 Å². The lowest BCUT2D eigenvalue weighted by Crippen LogP contribution is -2.09. The quantitative estimate of drug-likeness (QED) is 0.0478. The van der Waals surface area contributed by atoms with Crippen LogP contribution in [-0.2, 0) is 0 Å². The van der Waals surface area contributed by atoms with Gasteiger partial charge in [0.25, 0.3) is 0 Å². The Morgan fingerprint density at radius 3 is 1.12 bits per heavy atom. The number of carbonyl (C=O) groups excluding carboxylic acids is 2. The zero-order valence-corrected chi connectivity index (χ0v) is 28.8. The molecule has 0 amide bonds. The molecule has 0 spiro atoms. The number of rotatable bonds is 22. The molecule has 4 rings (SSSR count). The van der Waals surface area contributed by atoms with Crippen LogP contribution >= 0.6 is 0 Å². The first-order valence-electron chi connectivity index (χ1n) is 18.0. The summed E-state index contributed by atoms with van der Waals surface area (Å²) in [5, 5.41) is 1.72. The first kappa shape index (κ1) is 36.5. The molecule has 0 bridgehead atoms. The van der Waals surface area contributed by atoms with Gasteiger partial charge in [-0.15, -0.1) is 0 Å². The molecule has 0 unspecified atom stereocenters. The summed E-state index contributed by atoms with van der Waals surface area (Å²) in [5.74, 6) is 1.50. The van der Waals surface area contributed by atoms with Crippen LogP contribution in [0.4, 0.5) is 0 Å². The van der Waals surface area contributed by atoms with E-state index in [-0.39, 0.29) is 0 Å². The minimum atomic E-state index is -0.437. The van der Waals surface area contributed by atoms with E-state index in [9.17, 15) is 9.59 Å². The summed E-state index contributed by atoms with van der Waals surface area (Å²) in [4.78, 5) is 25.6. The highest BCUT2D eigenvalue weighted by atomic mass is 16.5. The topological polar surface area (TPSA) is 71.1 Å². The number of carbonyl (C=O) groups is 2. The van der Waals surface area contributed by atoms with Gasteiger partial charge >= 0.3 is 11.9 Å². The van der Waals surface area contributed by atoms with Gasteiger partial charge < -0.3 is 18.9 Å². The van der Waals surface area contributed by atoms with E-state index in [0.717, 1.165) is 35.1 Å². The van der Waals surface area contributed by atoms with Crippen LogP contribution < -0.4 is 18.9 Å². The number of benzene rings is 4. The molecule has 0 atom stereocenters. The van der Waals surface area contributed by atoms with Gasteiger partial charge in [-0.05, 0) is 96.4 Å². The molecule has 0 aromatic heterocycles. The van der Waals surface area contributed by atoms with Gasteiger partial charge in [-0.2, -0.15) is 0 Å². The zero-order chi connectivity index (χ0) is 33.8. The molecular formula is C42H52O6. The van der Waals surface area contributed by atoms with E-state index in [1.165, 1.54) is 77.0 Å². The lowest BCUT2D eigenvalue weighted by molar-refractivity contribution is 0.0725. The van der Waals surface area contributed by atoms with Crippen LogP contribution in [0.2, 0.25) is 0 Å². The van der Waals surface area contributed by atoms with Crippen molar-refractivity contribution >= 4 is 22.7 Å². The molecule has 6 nitrogen and oxygen atoms in total. The predicted molar refractivity (Wildman–Crippen MR) is 194 cm³/mol. The molecule has 6 heteroatoms. The van der Waals surface area contributed by atoms with Crippen molar-refractivity contribution in [1.29, 1.82) is 0 Å². The summed E-state index contributed by atoms with van der Waals surface area (Å²) in [6.45, 7) is 5.82. The average molecular weight is 653 g/mol. The van der Waals surface area contributed by atoms with E-state index < -0.39 is 11.9 Å². The Labute approximate surface area is 286 Å². The molecule has 0 N–H and O–H groups in total. The highest BCUT2D eigenvalue weighted by Gasteiger charge is 2.12. The number of unbranched alkanes of at least 4 members (excludes halogenated alkanes) is 12. The molecule has 256 valence electrons. The smallest absolute Gasteiger partial charge is 0.343 e. The predicted octanol–water partition coefficient (Wildman–Crippen LogP) is 11.5. The van der Waals surface area contributed by atoms with Crippen LogP contribution in [0, 0.1) is 0 Å². The summed E-state index contributed by atoms with van der Waals surface area (Å²) >= 11 is 0. The lowest BCUT2D eigenvalue weighted by Gasteiger charge is -2.10. The molecule has 0 radical (unpaired) electrons. The fourth-order valence-corrected chi connectivity index (χ4v) is 5.53. The van der Waals surface area contributed by atoms with Crippen LogP contribution in [-0.4, -0.2) is 25.2 Å². The third-order valence-electron chi connectivity index (χ3n) is 8.42. The van der Waals surface area contributed by atoms with Crippen molar-refractivity contribution in [3.8, 4) is 23.0 Å². The second kappa shape index (κ2) is 20.8. The maximum atomic E-state index is 12.8. The van der Waals surface area contributed by atoms with Crippen LogP contribution in [0.1, 0.15) is 124 Å². The fourth-order valence-electron chi connectivity index (χ4n) is 5.53. The van der Waals surface area contributed by atoms with Gasteiger partial charge in [-0.3, -0.25) is 0 Å². The van der Waals surface area contributed by atoms with Gasteiger partial charge in [-0.1, -0.05) is 103 Å². The maximum absolute atomic E-state index is 12.8. The third-order valence-corrected chi connectivity index (χ3v) is 8.42. The van der Waals surface area contributed by atoms with Gasteiger partial charge in [0.05, 0.1) is 24.3 Å². The summed E-state index contributed by atoms with van der Waals surface area (Å²) in [5.41, 5.74) is 0.904. The lowest BCUT2D eigenvalue weighted by atomic mass is 10.1. The van der Waals surface area contributed by atoms with Gasteiger partial charge in [0.15, 0.2) is 0 Å². The minimum absolute atomic E-state index is 0.436.